The van der Waals surface area contributed by atoms with E-state index in [-0.39, 0.29) is 44.8 Å². The molecule has 0 saturated heterocycles. The molecule has 2 aliphatic heterocycles. The van der Waals surface area contributed by atoms with Gasteiger partial charge in [-0.15, -0.1) is 0 Å². The van der Waals surface area contributed by atoms with Crippen LogP contribution in [0.15, 0.2) is 89.3 Å². The van der Waals surface area contributed by atoms with E-state index >= 15 is 0 Å². The molecule has 1 aliphatic carbocycles. The highest BCUT2D eigenvalue weighted by Crippen LogP contribution is 2.54. The van der Waals surface area contributed by atoms with Crippen LogP contribution in [0, 0.1) is 0 Å². The van der Waals surface area contributed by atoms with Crippen LogP contribution in [0.5, 0.6) is 0 Å². The molecule has 11 rings (SSSR count). The van der Waals surface area contributed by atoms with E-state index in [0.717, 1.165) is 24.0 Å². The van der Waals surface area contributed by atoms with E-state index in [2.05, 4.69) is 226 Å². The Hall–Kier alpha value is -5.22. The van der Waals surface area contributed by atoms with E-state index in [1.54, 1.807) is 0 Å². The topological polar surface area (TPSA) is 21.3 Å². The maximum atomic E-state index is 7.23. The van der Waals surface area contributed by atoms with Crippen LogP contribution < -0.4 is 15.8 Å². The van der Waals surface area contributed by atoms with Crippen LogP contribution in [-0.4, -0.2) is 11.3 Å². The lowest BCUT2D eigenvalue weighted by molar-refractivity contribution is 0.332. The summed E-state index contributed by atoms with van der Waals surface area (Å²) in [6.07, 6.45) is 2.31. The molecule has 0 bridgehead atoms. The molecule has 0 amide bonds. The molecule has 0 radical (unpaired) electrons. The zero-order chi connectivity index (χ0) is 49.0. The molecule has 0 spiro atoms. The second-order valence-corrected chi connectivity index (χ2v) is 27.9. The van der Waals surface area contributed by atoms with Gasteiger partial charge in [-0.05, 0) is 161 Å². The number of benzene rings is 6. The molecular formula is C64H75BN2O. The normalized spacial score (nSPS) is 16.8. The standard InChI is InChI=1S/C64H75BN2O/c1-58(2,3)36-20-22-49-42(29-36)43-31-40(62(13,14)15)32-45-55-54-44-30-37(59(4,5)6)21-23-52(44)68-53(54)35-51-56(55)65(67(49)57(43)45)48-33-46-47(64(18,19)25-24-63(46,16)17)34-50(48)66(51)41-27-38(60(7,8)9)26-39(28-41)61(10,11)12/h20-23,26-35H,24-25H2,1-19H3. The SMILES string of the molecule is CC(C)(C)c1cc(N2c3cc4c(cc3B3c5c2cc2oc6ccc(C(C)(C)C)cc6c2c5-c2cc(C(C)(C)C)cc5c6cc(C(C)(C)C)ccc6n3c25)C(C)(C)CCC4(C)C)cc(C(C)(C)C)c1. The largest absolute Gasteiger partial charge is 0.456 e. The average molecular weight is 899 g/mol. The van der Waals surface area contributed by atoms with Crippen LogP contribution >= 0.6 is 0 Å². The summed E-state index contributed by atoms with van der Waals surface area (Å²) in [6.45, 7) is 45.2. The number of rotatable bonds is 1. The van der Waals surface area contributed by atoms with Crippen LogP contribution in [0.4, 0.5) is 17.1 Å². The lowest BCUT2D eigenvalue weighted by atomic mass is 9.44. The second kappa shape index (κ2) is 13.8. The highest BCUT2D eigenvalue weighted by Gasteiger charge is 2.48. The highest BCUT2D eigenvalue weighted by atomic mass is 16.3. The molecule has 0 saturated carbocycles. The molecule has 0 fully saturated rings. The summed E-state index contributed by atoms with van der Waals surface area (Å²) in [6, 6.07) is 34.7. The quantitative estimate of drug-likeness (QED) is 0.153. The molecule has 350 valence electrons. The Bertz CT molecular complexity index is 3440. The zero-order valence-electron chi connectivity index (χ0n) is 44.9. The van der Waals surface area contributed by atoms with Gasteiger partial charge in [0.15, 0.2) is 0 Å². The maximum absolute atomic E-state index is 7.23. The van der Waals surface area contributed by atoms with Gasteiger partial charge in [-0.3, -0.25) is 0 Å². The predicted octanol–water partition coefficient (Wildman–Crippen LogP) is 16.9. The van der Waals surface area contributed by atoms with Gasteiger partial charge in [0.1, 0.15) is 11.2 Å². The van der Waals surface area contributed by atoms with E-state index in [4.69, 9.17) is 4.42 Å². The first kappa shape index (κ1) is 45.2. The summed E-state index contributed by atoms with van der Waals surface area (Å²) in [7, 11) is 0. The summed E-state index contributed by atoms with van der Waals surface area (Å²) in [5.74, 6) is 0. The molecule has 8 aromatic rings. The van der Waals surface area contributed by atoms with Crippen molar-refractivity contribution in [2.24, 2.45) is 0 Å². The molecule has 4 heterocycles. The van der Waals surface area contributed by atoms with E-state index in [9.17, 15) is 0 Å². The van der Waals surface area contributed by atoms with E-state index < -0.39 is 0 Å². The molecule has 3 nitrogen and oxygen atoms in total. The lowest BCUT2D eigenvalue weighted by Gasteiger charge is -2.46. The van der Waals surface area contributed by atoms with Crippen molar-refractivity contribution in [1.29, 1.82) is 0 Å². The molecular weight excluding hydrogens is 824 g/mol. The lowest BCUT2D eigenvalue weighted by Crippen LogP contribution is -2.57. The minimum Gasteiger partial charge on any atom is -0.456 e. The molecule has 0 atom stereocenters. The summed E-state index contributed by atoms with van der Waals surface area (Å²) in [5, 5.41) is 5.12. The Balaban J connectivity index is 1.40. The fraction of sp³-hybridized carbons (Fsp3) is 0.438. The monoisotopic (exact) mass is 899 g/mol. The Morgan fingerprint density at radius 3 is 1.57 bits per heavy atom. The maximum Gasteiger partial charge on any atom is 0.333 e. The third kappa shape index (κ3) is 6.57. The van der Waals surface area contributed by atoms with Gasteiger partial charge in [0.25, 0.3) is 0 Å². The number of hydrogen-bond acceptors (Lipinski definition) is 2. The van der Waals surface area contributed by atoms with Gasteiger partial charge >= 0.3 is 6.85 Å². The molecule has 4 heteroatoms. The fourth-order valence-corrected chi connectivity index (χ4v) is 12.2. The molecule has 2 aromatic heterocycles. The van der Waals surface area contributed by atoms with Crippen LogP contribution in [-0.2, 0) is 37.9 Å². The number of nitrogens with zero attached hydrogens (tertiary/aromatic N) is 2. The first-order valence-corrected chi connectivity index (χ1v) is 25.7. The van der Waals surface area contributed by atoms with Crippen LogP contribution in [0.25, 0.3) is 54.9 Å². The third-order valence-corrected chi connectivity index (χ3v) is 16.8. The number of aromatic nitrogens is 1. The second-order valence-electron chi connectivity index (χ2n) is 27.9. The molecule has 68 heavy (non-hydrogen) atoms. The minimum absolute atomic E-state index is 0.00108. The van der Waals surface area contributed by atoms with Crippen molar-refractivity contribution in [3.63, 3.8) is 0 Å². The molecule has 3 aliphatic rings. The summed E-state index contributed by atoms with van der Waals surface area (Å²) in [4.78, 5) is 2.68. The van der Waals surface area contributed by atoms with Crippen LogP contribution in [0.3, 0.4) is 0 Å². The van der Waals surface area contributed by atoms with Crippen molar-refractivity contribution in [3.8, 4) is 11.1 Å². The van der Waals surface area contributed by atoms with Crippen LogP contribution in [0.1, 0.15) is 183 Å². The first-order valence-electron chi connectivity index (χ1n) is 25.7. The Kier molecular flexibility index (Phi) is 9.16. The Morgan fingerprint density at radius 1 is 0.485 bits per heavy atom. The van der Waals surface area contributed by atoms with Gasteiger partial charge in [0.2, 0.25) is 0 Å². The number of furan rings is 1. The van der Waals surface area contributed by atoms with Crippen molar-refractivity contribution in [2.45, 2.75) is 182 Å². The smallest absolute Gasteiger partial charge is 0.333 e. The third-order valence-electron chi connectivity index (χ3n) is 16.8. The Labute approximate surface area is 407 Å². The number of anilines is 3. The van der Waals surface area contributed by atoms with Crippen molar-refractivity contribution in [2.75, 3.05) is 4.90 Å². The van der Waals surface area contributed by atoms with Gasteiger partial charge in [-0.2, -0.15) is 0 Å². The van der Waals surface area contributed by atoms with Crippen molar-refractivity contribution >= 4 is 78.6 Å². The van der Waals surface area contributed by atoms with Gasteiger partial charge in [0, 0.05) is 61.3 Å². The highest BCUT2D eigenvalue weighted by molar-refractivity contribution is 6.90. The molecule has 0 N–H and O–H groups in total. The molecule has 0 unspecified atom stereocenters. The van der Waals surface area contributed by atoms with E-state index in [0.29, 0.717) is 0 Å². The minimum atomic E-state index is -0.0870. The zero-order valence-corrected chi connectivity index (χ0v) is 44.9. The summed E-state index contributed by atoms with van der Waals surface area (Å²) < 4.78 is 10.0. The van der Waals surface area contributed by atoms with Gasteiger partial charge in [0.05, 0.1) is 0 Å². The summed E-state index contributed by atoms with van der Waals surface area (Å²) in [5.41, 5.74) is 23.2. The van der Waals surface area contributed by atoms with E-state index in [1.807, 2.05) is 0 Å². The van der Waals surface area contributed by atoms with Crippen molar-refractivity contribution < 1.29 is 4.42 Å². The molecule has 6 aromatic carbocycles. The van der Waals surface area contributed by atoms with Crippen molar-refractivity contribution in [3.05, 3.63) is 124 Å². The average Bonchev–Trinajstić information content (AvgIpc) is 3.76. The first-order chi connectivity index (χ1) is 31.3. The summed E-state index contributed by atoms with van der Waals surface area (Å²) >= 11 is 0. The van der Waals surface area contributed by atoms with Gasteiger partial charge in [-0.1, -0.05) is 156 Å². The number of fused-ring (bicyclic) bond motifs is 12. The van der Waals surface area contributed by atoms with Gasteiger partial charge in [-0.25, -0.2) is 0 Å². The number of hydrogen-bond donors (Lipinski definition) is 0. The fourth-order valence-electron chi connectivity index (χ4n) is 12.2. The predicted molar refractivity (Wildman–Crippen MR) is 296 cm³/mol. The van der Waals surface area contributed by atoms with Crippen LogP contribution in [0.2, 0.25) is 0 Å². The van der Waals surface area contributed by atoms with Gasteiger partial charge < -0.3 is 13.8 Å². The van der Waals surface area contributed by atoms with E-state index in [1.165, 1.54) is 111 Å². The van der Waals surface area contributed by atoms with Crippen molar-refractivity contribution in [1.82, 2.24) is 4.48 Å². The Morgan fingerprint density at radius 2 is 1.00 bits per heavy atom.